The normalized spacial score (nSPS) is 13.2. The highest BCUT2D eigenvalue weighted by molar-refractivity contribution is 6.30. The van der Waals surface area contributed by atoms with Crippen LogP contribution in [0, 0.1) is 0 Å². The van der Waals surface area contributed by atoms with Crippen LogP contribution in [0.5, 0.6) is 11.5 Å². The minimum absolute atomic E-state index is 0.0809. The highest BCUT2D eigenvalue weighted by atomic mass is 35.5. The average molecular weight is 399 g/mol. The third-order valence-corrected chi connectivity index (χ3v) is 5.12. The second-order valence-corrected chi connectivity index (χ2v) is 6.93. The zero-order valence-electron chi connectivity index (χ0n) is 15.6. The highest BCUT2D eigenvalue weighted by Crippen LogP contribution is 2.32. The molecule has 0 atom stereocenters. The Morgan fingerprint density at radius 3 is 2.57 bits per heavy atom. The molecule has 1 amide bonds. The molecule has 0 N–H and O–H groups in total. The second kappa shape index (κ2) is 7.56. The van der Waals surface area contributed by atoms with E-state index in [0.29, 0.717) is 41.6 Å². The number of carbonyl (C=O) groups is 1. The number of aromatic nitrogens is 1. The van der Waals surface area contributed by atoms with Crippen LogP contribution in [-0.2, 0) is 13.0 Å². The molecule has 2 aromatic carbocycles. The molecule has 2 heterocycles. The average Bonchev–Trinajstić information content (AvgIpc) is 3.16. The lowest BCUT2D eigenvalue weighted by atomic mass is 10.00. The minimum Gasteiger partial charge on any atom is -0.493 e. The van der Waals surface area contributed by atoms with Gasteiger partial charge in [0.1, 0.15) is 5.69 Å². The molecular weight excluding hydrogens is 380 g/mol. The van der Waals surface area contributed by atoms with Gasteiger partial charge in [-0.1, -0.05) is 16.8 Å². The number of carbonyl (C=O) groups excluding carboxylic acids is 1. The monoisotopic (exact) mass is 398 g/mol. The van der Waals surface area contributed by atoms with E-state index in [2.05, 4.69) is 5.16 Å². The zero-order chi connectivity index (χ0) is 19.7. The molecule has 0 aliphatic carbocycles. The molecular formula is C21H19ClN2O4. The number of fused-ring (bicyclic) bond motifs is 1. The molecule has 3 aromatic rings. The number of hydrogen-bond donors (Lipinski definition) is 0. The summed E-state index contributed by atoms with van der Waals surface area (Å²) >= 11 is 5.96. The number of methoxy groups -OCH3 is 2. The topological polar surface area (TPSA) is 64.8 Å². The van der Waals surface area contributed by atoms with Crippen LogP contribution in [0.4, 0.5) is 0 Å². The molecule has 1 aromatic heterocycles. The van der Waals surface area contributed by atoms with E-state index in [1.165, 1.54) is 0 Å². The number of amides is 1. The summed E-state index contributed by atoms with van der Waals surface area (Å²) in [6, 6.07) is 12.6. The van der Waals surface area contributed by atoms with Crippen LogP contribution in [0.3, 0.4) is 0 Å². The third-order valence-electron chi connectivity index (χ3n) is 4.87. The van der Waals surface area contributed by atoms with E-state index in [1.54, 1.807) is 37.3 Å². The highest BCUT2D eigenvalue weighted by Gasteiger charge is 2.28. The molecule has 144 valence electrons. The second-order valence-electron chi connectivity index (χ2n) is 6.49. The van der Waals surface area contributed by atoms with Gasteiger partial charge in [-0.05, 0) is 48.9 Å². The Bertz CT molecular complexity index is 1010. The van der Waals surface area contributed by atoms with Crippen molar-refractivity contribution in [3.05, 3.63) is 64.3 Å². The minimum atomic E-state index is -0.0809. The van der Waals surface area contributed by atoms with Crippen molar-refractivity contribution in [1.82, 2.24) is 10.1 Å². The van der Waals surface area contributed by atoms with E-state index >= 15 is 0 Å². The van der Waals surface area contributed by atoms with Gasteiger partial charge in [0.05, 0.1) is 20.8 Å². The van der Waals surface area contributed by atoms with Crippen LogP contribution in [0.2, 0.25) is 5.02 Å². The zero-order valence-corrected chi connectivity index (χ0v) is 16.3. The standard InChI is InChI=1S/C21H19ClN2O4/c1-26-18-8-5-14(11-19(18)27-2)21(25)24-10-9-16-17(12-24)23-28-20(16)13-3-6-15(22)7-4-13/h3-8,11H,9-10,12H2,1-2H3. The molecule has 0 saturated heterocycles. The predicted octanol–water partition coefficient (Wildman–Crippen LogP) is 4.21. The first-order valence-corrected chi connectivity index (χ1v) is 9.23. The van der Waals surface area contributed by atoms with Crippen molar-refractivity contribution in [1.29, 1.82) is 0 Å². The molecule has 1 aliphatic heterocycles. The molecule has 0 radical (unpaired) electrons. The number of nitrogens with zero attached hydrogens (tertiary/aromatic N) is 2. The third kappa shape index (κ3) is 3.31. The summed E-state index contributed by atoms with van der Waals surface area (Å²) in [7, 11) is 3.11. The van der Waals surface area contributed by atoms with Gasteiger partial charge in [-0.25, -0.2) is 0 Å². The SMILES string of the molecule is COc1ccc(C(=O)N2CCc3c(noc3-c3ccc(Cl)cc3)C2)cc1OC. The van der Waals surface area contributed by atoms with Crippen molar-refractivity contribution in [2.24, 2.45) is 0 Å². The summed E-state index contributed by atoms with van der Waals surface area (Å²) in [6.07, 6.45) is 0.676. The number of ether oxygens (including phenoxy) is 2. The molecule has 0 bridgehead atoms. The largest absolute Gasteiger partial charge is 0.493 e. The van der Waals surface area contributed by atoms with E-state index in [-0.39, 0.29) is 5.91 Å². The van der Waals surface area contributed by atoms with E-state index < -0.39 is 0 Å². The maximum Gasteiger partial charge on any atom is 0.254 e. The van der Waals surface area contributed by atoms with Gasteiger partial charge < -0.3 is 18.9 Å². The maximum atomic E-state index is 12.9. The first-order chi connectivity index (χ1) is 13.6. The fourth-order valence-electron chi connectivity index (χ4n) is 3.38. The van der Waals surface area contributed by atoms with Crippen LogP contribution in [0.1, 0.15) is 21.6 Å². The van der Waals surface area contributed by atoms with E-state index in [9.17, 15) is 4.79 Å². The fraction of sp³-hybridized carbons (Fsp3) is 0.238. The maximum absolute atomic E-state index is 12.9. The molecule has 28 heavy (non-hydrogen) atoms. The molecule has 1 aliphatic rings. The molecule has 7 heteroatoms. The number of halogens is 1. The number of rotatable bonds is 4. The Balaban J connectivity index is 1.56. The quantitative estimate of drug-likeness (QED) is 0.658. The summed E-state index contributed by atoms with van der Waals surface area (Å²) in [5, 5.41) is 4.87. The molecule has 6 nitrogen and oxygen atoms in total. The first-order valence-electron chi connectivity index (χ1n) is 8.85. The lowest BCUT2D eigenvalue weighted by Crippen LogP contribution is -2.36. The lowest BCUT2D eigenvalue weighted by molar-refractivity contribution is 0.0731. The van der Waals surface area contributed by atoms with Crippen LogP contribution in [-0.4, -0.2) is 36.7 Å². The molecule has 4 rings (SSSR count). The van der Waals surface area contributed by atoms with Crippen molar-refractivity contribution in [3.63, 3.8) is 0 Å². The van der Waals surface area contributed by atoms with E-state index in [4.69, 9.17) is 25.6 Å². The summed E-state index contributed by atoms with van der Waals surface area (Å²) in [6.45, 7) is 0.988. The van der Waals surface area contributed by atoms with Crippen LogP contribution < -0.4 is 9.47 Å². The van der Waals surface area contributed by atoms with Crippen LogP contribution in [0.25, 0.3) is 11.3 Å². The Morgan fingerprint density at radius 1 is 1.11 bits per heavy atom. The van der Waals surface area contributed by atoms with Crippen molar-refractivity contribution < 1.29 is 18.8 Å². The number of benzene rings is 2. The fourth-order valence-corrected chi connectivity index (χ4v) is 3.51. The summed E-state index contributed by atoms with van der Waals surface area (Å²) in [5.41, 5.74) is 3.30. The molecule has 0 fully saturated rings. The van der Waals surface area contributed by atoms with Crippen LogP contribution in [0.15, 0.2) is 47.0 Å². The summed E-state index contributed by atoms with van der Waals surface area (Å²) < 4.78 is 16.1. The predicted molar refractivity (Wildman–Crippen MR) is 105 cm³/mol. The van der Waals surface area contributed by atoms with Gasteiger partial charge in [0, 0.05) is 28.3 Å². The van der Waals surface area contributed by atoms with Crippen molar-refractivity contribution in [2.45, 2.75) is 13.0 Å². The lowest BCUT2D eigenvalue weighted by Gasteiger charge is -2.26. The van der Waals surface area contributed by atoms with Gasteiger partial charge >= 0.3 is 0 Å². The van der Waals surface area contributed by atoms with E-state index in [1.807, 2.05) is 24.3 Å². The van der Waals surface area contributed by atoms with Gasteiger partial charge in [-0.15, -0.1) is 0 Å². The van der Waals surface area contributed by atoms with Gasteiger partial charge in [0.15, 0.2) is 17.3 Å². The Hall–Kier alpha value is -2.99. The number of hydrogen-bond acceptors (Lipinski definition) is 5. The summed E-state index contributed by atoms with van der Waals surface area (Å²) in [5.74, 6) is 1.77. The molecule has 0 unspecified atom stereocenters. The Kier molecular flexibility index (Phi) is 4.96. The first kappa shape index (κ1) is 18.4. The molecule has 0 spiro atoms. The smallest absolute Gasteiger partial charge is 0.254 e. The van der Waals surface area contributed by atoms with Crippen molar-refractivity contribution >= 4 is 17.5 Å². The van der Waals surface area contributed by atoms with Crippen molar-refractivity contribution in [2.75, 3.05) is 20.8 Å². The van der Waals surface area contributed by atoms with Gasteiger partial charge in [0.25, 0.3) is 5.91 Å². The summed E-state index contributed by atoms with van der Waals surface area (Å²) in [4.78, 5) is 14.7. The van der Waals surface area contributed by atoms with E-state index in [0.717, 1.165) is 22.6 Å². The van der Waals surface area contributed by atoms with Crippen LogP contribution >= 0.6 is 11.6 Å². The van der Waals surface area contributed by atoms with Gasteiger partial charge in [-0.2, -0.15) is 0 Å². The Labute approximate surface area is 167 Å². The Morgan fingerprint density at radius 2 is 1.86 bits per heavy atom. The van der Waals surface area contributed by atoms with Crippen molar-refractivity contribution in [3.8, 4) is 22.8 Å². The van der Waals surface area contributed by atoms with Gasteiger partial charge in [0.2, 0.25) is 0 Å². The van der Waals surface area contributed by atoms with Gasteiger partial charge in [-0.3, -0.25) is 4.79 Å². The molecule has 0 saturated carbocycles.